The third-order valence-electron chi connectivity index (χ3n) is 5.51. The Morgan fingerprint density at radius 2 is 2.07 bits per heavy atom. The molecule has 0 radical (unpaired) electrons. The molecule has 2 aliphatic rings. The maximum atomic E-state index is 11.2. The smallest absolute Gasteiger partial charge is 0.317 e. The highest BCUT2D eigenvalue weighted by atomic mass is 16.6. The number of hydrogen-bond acceptors (Lipinski definition) is 6. The highest BCUT2D eigenvalue weighted by Crippen LogP contribution is 2.36. The van der Waals surface area contributed by atoms with Crippen LogP contribution >= 0.6 is 0 Å². The lowest BCUT2D eigenvalue weighted by molar-refractivity contribution is -0.383. The Morgan fingerprint density at radius 1 is 1.30 bits per heavy atom. The summed E-state index contributed by atoms with van der Waals surface area (Å²) in [6.07, 6.45) is 7.31. The molecule has 2 N–H and O–H groups in total. The van der Waals surface area contributed by atoms with E-state index < -0.39 is 10.9 Å². The van der Waals surface area contributed by atoms with Gasteiger partial charge in [-0.3, -0.25) is 24.8 Å². The van der Waals surface area contributed by atoms with E-state index in [4.69, 9.17) is 5.11 Å². The number of carboxylic acid groups (broad SMARTS) is 1. The van der Waals surface area contributed by atoms with Gasteiger partial charge in [0.2, 0.25) is 0 Å². The number of non-ortho nitro benzene ring substituents is 1. The molecule has 27 heavy (non-hydrogen) atoms. The maximum absolute atomic E-state index is 11.2. The summed E-state index contributed by atoms with van der Waals surface area (Å²) in [5, 5.41) is 25.1. The van der Waals surface area contributed by atoms with Crippen molar-refractivity contribution >= 4 is 28.1 Å². The van der Waals surface area contributed by atoms with Crippen molar-refractivity contribution in [3.05, 3.63) is 40.7 Å². The molecule has 4 rings (SSSR count). The topological polar surface area (TPSA) is 109 Å². The van der Waals surface area contributed by atoms with Crippen LogP contribution < -0.4 is 5.32 Å². The summed E-state index contributed by atoms with van der Waals surface area (Å²) in [6, 6.07) is 5.55. The van der Waals surface area contributed by atoms with Crippen LogP contribution in [-0.2, 0) is 4.79 Å². The molecule has 2 fully saturated rings. The second-order valence-electron chi connectivity index (χ2n) is 7.54. The Labute approximate surface area is 156 Å². The number of anilines is 1. The van der Waals surface area contributed by atoms with Gasteiger partial charge in [0.05, 0.1) is 16.9 Å². The number of aliphatic carboxylic acids is 1. The van der Waals surface area contributed by atoms with Crippen molar-refractivity contribution in [2.75, 3.05) is 18.4 Å². The van der Waals surface area contributed by atoms with Gasteiger partial charge in [0.25, 0.3) is 5.69 Å². The molecule has 8 nitrogen and oxygen atoms in total. The molecule has 0 unspecified atom stereocenters. The van der Waals surface area contributed by atoms with Crippen molar-refractivity contribution in [3.63, 3.8) is 0 Å². The molecule has 8 heteroatoms. The number of aromatic nitrogens is 1. The Bertz CT molecular complexity index is 877. The Morgan fingerprint density at radius 3 is 2.74 bits per heavy atom. The van der Waals surface area contributed by atoms with Crippen molar-refractivity contribution in [3.8, 4) is 0 Å². The van der Waals surface area contributed by atoms with Gasteiger partial charge in [-0.05, 0) is 43.7 Å². The van der Waals surface area contributed by atoms with Crippen molar-refractivity contribution in [2.45, 2.75) is 37.8 Å². The summed E-state index contributed by atoms with van der Waals surface area (Å²) < 4.78 is 0. The highest BCUT2D eigenvalue weighted by Gasteiger charge is 2.37. The van der Waals surface area contributed by atoms with Crippen molar-refractivity contribution in [2.24, 2.45) is 5.92 Å². The lowest BCUT2D eigenvalue weighted by Crippen LogP contribution is -2.52. The predicted molar refractivity (Wildman–Crippen MR) is 101 cm³/mol. The molecule has 0 aliphatic heterocycles. The van der Waals surface area contributed by atoms with Crippen LogP contribution in [0.25, 0.3) is 10.8 Å². The van der Waals surface area contributed by atoms with Gasteiger partial charge < -0.3 is 10.4 Å². The second-order valence-corrected chi connectivity index (χ2v) is 7.54. The van der Waals surface area contributed by atoms with E-state index in [1.165, 1.54) is 25.1 Å². The lowest BCUT2D eigenvalue weighted by atomic mass is 9.84. The molecule has 1 aromatic heterocycles. The fraction of sp³-hybridized carbons (Fsp3) is 0.474. The molecule has 0 spiro atoms. The average Bonchev–Trinajstić information content (AvgIpc) is 3.40. The fourth-order valence-corrected chi connectivity index (χ4v) is 3.83. The van der Waals surface area contributed by atoms with Crippen molar-refractivity contribution in [1.29, 1.82) is 0 Å². The van der Waals surface area contributed by atoms with Crippen LogP contribution in [0.2, 0.25) is 0 Å². The van der Waals surface area contributed by atoms with E-state index in [0.29, 0.717) is 11.3 Å². The Hall–Kier alpha value is -2.74. The first kappa shape index (κ1) is 17.7. The van der Waals surface area contributed by atoms with E-state index >= 15 is 0 Å². The maximum Gasteiger partial charge on any atom is 0.317 e. The molecule has 2 aromatic rings. The first-order valence-electron chi connectivity index (χ1n) is 9.24. The standard InChI is InChI=1S/C19H22N4O4/c24-19(25)11-22(10-12-1-2-12)14-7-13(8-14)21-17-3-4-18(23(26)27)16-9-20-6-5-15(16)17/h3-6,9,12-14,21H,1-2,7-8,10-11H2,(H,24,25). The third-order valence-corrected chi connectivity index (χ3v) is 5.51. The predicted octanol–water partition coefficient (Wildman–Crippen LogP) is 2.88. The molecule has 2 saturated carbocycles. The van der Waals surface area contributed by atoms with Gasteiger partial charge in [0.1, 0.15) is 0 Å². The zero-order valence-electron chi connectivity index (χ0n) is 14.9. The zero-order valence-corrected chi connectivity index (χ0v) is 14.9. The van der Waals surface area contributed by atoms with Gasteiger partial charge in [-0.2, -0.15) is 0 Å². The van der Waals surface area contributed by atoms with Crippen LogP contribution in [0.5, 0.6) is 0 Å². The molecule has 0 saturated heterocycles. The Kier molecular flexibility index (Phi) is 4.65. The molecule has 2 aliphatic carbocycles. The number of nitro benzene ring substituents is 1. The number of carbonyl (C=O) groups is 1. The van der Waals surface area contributed by atoms with Gasteiger partial charge in [-0.25, -0.2) is 0 Å². The SMILES string of the molecule is O=C(O)CN(CC1CC1)C1CC(Nc2ccc([N+](=O)[O-])c3cnccc23)C1. The zero-order chi connectivity index (χ0) is 19.0. The summed E-state index contributed by atoms with van der Waals surface area (Å²) >= 11 is 0. The molecule has 0 bridgehead atoms. The number of nitro groups is 1. The molecule has 1 aromatic carbocycles. The van der Waals surface area contributed by atoms with Crippen molar-refractivity contribution < 1.29 is 14.8 Å². The Balaban J connectivity index is 1.44. The number of hydrogen-bond donors (Lipinski definition) is 2. The molecule has 142 valence electrons. The van der Waals surface area contributed by atoms with E-state index in [1.807, 2.05) is 0 Å². The van der Waals surface area contributed by atoms with Crippen molar-refractivity contribution in [1.82, 2.24) is 9.88 Å². The minimum absolute atomic E-state index is 0.0483. The normalized spacial score (nSPS) is 21.8. The monoisotopic (exact) mass is 370 g/mol. The quantitative estimate of drug-likeness (QED) is 0.543. The first-order valence-corrected chi connectivity index (χ1v) is 9.24. The number of nitrogens with zero attached hydrogens (tertiary/aromatic N) is 3. The van der Waals surface area contributed by atoms with Crippen LogP contribution in [0.3, 0.4) is 0 Å². The number of carboxylic acids is 1. The van der Waals surface area contributed by atoms with Gasteiger partial charge in [-0.15, -0.1) is 0 Å². The van der Waals surface area contributed by atoms with Crippen LogP contribution in [0, 0.1) is 16.0 Å². The van der Waals surface area contributed by atoms with Crippen LogP contribution in [0.4, 0.5) is 11.4 Å². The summed E-state index contributed by atoms with van der Waals surface area (Å²) in [5.41, 5.74) is 0.903. The number of rotatable bonds is 8. The van der Waals surface area contributed by atoms with E-state index in [1.54, 1.807) is 18.3 Å². The lowest BCUT2D eigenvalue weighted by Gasteiger charge is -2.43. The number of benzene rings is 1. The fourth-order valence-electron chi connectivity index (χ4n) is 3.83. The minimum Gasteiger partial charge on any atom is -0.480 e. The number of fused-ring (bicyclic) bond motifs is 1. The third kappa shape index (κ3) is 3.85. The summed E-state index contributed by atoms with van der Waals surface area (Å²) in [6.45, 7) is 0.968. The van der Waals surface area contributed by atoms with E-state index in [0.717, 1.165) is 30.5 Å². The van der Waals surface area contributed by atoms with E-state index in [-0.39, 0.29) is 24.3 Å². The van der Waals surface area contributed by atoms with Crippen LogP contribution in [0.15, 0.2) is 30.6 Å². The highest BCUT2D eigenvalue weighted by molar-refractivity contribution is 5.99. The van der Waals surface area contributed by atoms with Gasteiger partial charge in [-0.1, -0.05) is 0 Å². The minimum atomic E-state index is -0.777. The van der Waals surface area contributed by atoms with Gasteiger partial charge >= 0.3 is 5.97 Å². The molecule has 0 amide bonds. The van der Waals surface area contributed by atoms with Crippen LogP contribution in [-0.4, -0.2) is 51.1 Å². The van der Waals surface area contributed by atoms with Gasteiger partial charge in [0.15, 0.2) is 0 Å². The molecule has 0 atom stereocenters. The average molecular weight is 370 g/mol. The first-order chi connectivity index (χ1) is 13.0. The summed E-state index contributed by atoms with van der Waals surface area (Å²) in [7, 11) is 0. The molecular formula is C19H22N4O4. The number of pyridine rings is 1. The van der Waals surface area contributed by atoms with Crippen LogP contribution in [0.1, 0.15) is 25.7 Å². The second kappa shape index (κ2) is 7.11. The molecule has 1 heterocycles. The number of nitrogens with one attached hydrogen (secondary N) is 1. The molecular weight excluding hydrogens is 348 g/mol. The van der Waals surface area contributed by atoms with E-state index in [2.05, 4.69) is 15.2 Å². The van der Waals surface area contributed by atoms with Gasteiger partial charge in [0, 0.05) is 48.2 Å². The largest absolute Gasteiger partial charge is 0.480 e. The summed E-state index contributed by atoms with van der Waals surface area (Å²) in [5.74, 6) is -0.122. The summed E-state index contributed by atoms with van der Waals surface area (Å²) in [4.78, 5) is 28.1. The van der Waals surface area contributed by atoms with E-state index in [9.17, 15) is 14.9 Å².